The van der Waals surface area contributed by atoms with Gasteiger partial charge in [-0.05, 0) is 19.1 Å². The van der Waals surface area contributed by atoms with Crippen molar-refractivity contribution in [1.82, 2.24) is 0 Å². The standard InChI is InChI=1S/C12H16Cl2O3S/c1-10-3-5-11(6-4-10)18(15,16)17-9-12(2,7-13)8-14/h3-6H,7-9H2,1-2H3. The van der Waals surface area contributed by atoms with Crippen LogP contribution < -0.4 is 0 Å². The summed E-state index contributed by atoms with van der Waals surface area (Å²) in [5.74, 6) is 0.472. The van der Waals surface area contributed by atoms with Gasteiger partial charge < -0.3 is 0 Å². The van der Waals surface area contributed by atoms with Crippen molar-refractivity contribution in [2.75, 3.05) is 18.4 Å². The van der Waals surface area contributed by atoms with Crippen molar-refractivity contribution in [3.8, 4) is 0 Å². The van der Waals surface area contributed by atoms with Crippen LogP contribution in [0.1, 0.15) is 12.5 Å². The highest BCUT2D eigenvalue weighted by molar-refractivity contribution is 7.86. The number of aryl methyl sites for hydroxylation is 1. The number of alkyl halides is 2. The van der Waals surface area contributed by atoms with E-state index >= 15 is 0 Å². The van der Waals surface area contributed by atoms with Gasteiger partial charge in [0.1, 0.15) is 0 Å². The van der Waals surface area contributed by atoms with Gasteiger partial charge in [-0.3, -0.25) is 4.18 Å². The number of hydrogen-bond donors (Lipinski definition) is 0. The normalized spacial score (nSPS) is 12.7. The Bertz CT molecular complexity index is 479. The van der Waals surface area contributed by atoms with Gasteiger partial charge >= 0.3 is 0 Å². The van der Waals surface area contributed by atoms with E-state index in [1.807, 2.05) is 6.92 Å². The summed E-state index contributed by atoms with van der Waals surface area (Å²) >= 11 is 11.5. The molecule has 18 heavy (non-hydrogen) atoms. The molecule has 0 fully saturated rings. The van der Waals surface area contributed by atoms with Gasteiger partial charge in [-0.1, -0.05) is 24.6 Å². The van der Waals surface area contributed by atoms with E-state index in [9.17, 15) is 8.42 Å². The van der Waals surface area contributed by atoms with Crippen molar-refractivity contribution >= 4 is 33.3 Å². The highest BCUT2D eigenvalue weighted by atomic mass is 35.5. The molecule has 0 amide bonds. The summed E-state index contributed by atoms with van der Waals surface area (Å²) in [5.41, 5.74) is 0.432. The molecule has 0 saturated carbocycles. The van der Waals surface area contributed by atoms with Gasteiger partial charge in [0.2, 0.25) is 0 Å². The van der Waals surface area contributed by atoms with Gasteiger partial charge in [-0.15, -0.1) is 23.2 Å². The van der Waals surface area contributed by atoms with Crippen LogP contribution in [0.25, 0.3) is 0 Å². The van der Waals surface area contributed by atoms with E-state index in [1.165, 1.54) is 12.1 Å². The Labute approximate surface area is 118 Å². The molecule has 0 bridgehead atoms. The van der Waals surface area contributed by atoms with E-state index in [0.717, 1.165) is 5.56 Å². The molecule has 1 rings (SSSR count). The minimum atomic E-state index is -3.75. The molecule has 1 aromatic rings. The third-order valence-corrected chi connectivity index (χ3v) is 5.09. The SMILES string of the molecule is Cc1ccc(S(=O)(=O)OCC(C)(CCl)CCl)cc1. The largest absolute Gasteiger partial charge is 0.296 e. The average Bonchev–Trinajstić information content (AvgIpc) is 2.37. The van der Waals surface area contributed by atoms with Crippen LogP contribution in [0.4, 0.5) is 0 Å². The van der Waals surface area contributed by atoms with Gasteiger partial charge in [0, 0.05) is 17.2 Å². The second-order valence-corrected chi connectivity index (χ2v) is 6.76. The van der Waals surface area contributed by atoms with E-state index < -0.39 is 15.5 Å². The van der Waals surface area contributed by atoms with Gasteiger partial charge in [-0.25, -0.2) is 0 Å². The zero-order valence-corrected chi connectivity index (χ0v) is 12.6. The lowest BCUT2D eigenvalue weighted by Gasteiger charge is -2.23. The van der Waals surface area contributed by atoms with Crippen molar-refractivity contribution in [2.24, 2.45) is 5.41 Å². The number of hydrogen-bond acceptors (Lipinski definition) is 3. The van der Waals surface area contributed by atoms with E-state index in [1.54, 1.807) is 19.1 Å². The van der Waals surface area contributed by atoms with Crippen molar-refractivity contribution in [3.63, 3.8) is 0 Å². The van der Waals surface area contributed by atoms with Crippen molar-refractivity contribution in [2.45, 2.75) is 18.7 Å². The van der Waals surface area contributed by atoms with Crippen LogP contribution >= 0.6 is 23.2 Å². The number of rotatable bonds is 6. The lowest BCUT2D eigenvalue weighted by Crippen LogP contribution is -2.29. The first-order valence-electron chi connectivity index (χ1n) is 5.41. The number of halogens is 2. The molecule has 1 aromatic carbocycles. The summed E-state index contributed by atoms with van der Waals surface area (Å²) in [4.78, 5) is 0.139. The van der Waals surface area contributed by atoms with Crippen LogP contribution in [-0.4, -0.2) is 26.8 Å². The van der Waals surface area contributed by atoms with E-state index in [2.05, 4.69) is 0 Å². The third kappa shape index (κ3) is 4.12. The maximum atomic E-state index is 11.9. The van der Waals surface area contributed by atoms with Crippen LogP contribution in [0.15, 0.2) is 29.2 Å². The highest BCUT2D eigenvalue weighted by Gasteiger charge is 2.26. The maximum Gasteiger partial charge on any atom is 0.296 e. The molecule has 0 unspecified atom stereocenters. The molecule has 0 aromatic heterocycles. The summed E-state index contributed by atoms with van der Waals surface area (Å²) in [7, 11) is -3.75. The van der Waals surface area contributed by atoms with Gasteiger partial charge in [0.25, 0.3) is 10.1 Å². The van der Waals surface area contributed by atoms with Gasteiger partial charge in [0.05, 0.1) is 11.5 Å². The summed E-state index contributed by atoms with van der Waals surface area (Å²) < 4.78 is 28.8. The molecule has 0 aliphatic heterocycles. The zero-order chi connectivity index (χ0) is 13.8. The van der Waals surface area contributed by atoms with Crippen molar-refractivity contribution in [1.29, 1.82) is 0 Å². The lowest BCUT2D eigenvalue weighted by atomic mass is 9.98. The van der Waals surface area contributed by atoms with Crippen LogP contribution in [0, 0.1) is 12.3 Å². The molecule has 0 aliphatic rings. The third-order valence-electron chi connectivity index (χ3n) is 2.52. The first-order valence-corrected chi connectivity index (χ1v) is 7.89. The fraction of sp³-hybridized carbons (Fsp3) is 0.500. The first-order chi connectivity index (χ1) is 8.33. The molecule has 0 atom stereocenters. The minimum Gasteiger partial charge on any atom is -0.266 e. The molecule has 0 aliphatic carbocycles. The van der Waals surface area contributed by atoms with Crippen LogP contribution in [-0.2, 0) is 14.3 Å². The van der Waals surface area contributed by atoms with Crippen LogP contribution in [0.2, 0.25) is 0 Å². The van der Waals surface area contributed by atoms with Crippen molar-refractivity contribution in [3.05, 3.63) is 29.8 Å². The highest BCUT2D eigenvalue weighted by Crippen LogP contribution is 2.23. The zero-order valence-electron chi connectivity index (χ0n) is 10.3. The quantitative estimate of drug-likeness (QED) is 0.598. The van der Waals surface area contributed by atoms with E-state index in [0.29, 0.717) is 0 Å². The summed E-state index contributed by atoms with van der Waals surface area (Å²) in [6, 6.07) is 6.48. The Kier molecular flexibility index (Phi) is 5.46. The fourth-order valence-corrected chi connectivity index (χ4v) is 2.59. The molecule has 0 spiro atoms. The Morgan fingerprint density at radius 3 is 2.11 bits per heavy atom. The monoisotopic (exact) mass is 310 g/mol. The van der Waals surface area contributed by atoms with Crippen molar-refractivity contribution < 1.29 is 12.6 Å². The molecule has 0 N–H and O–H groups in total. The Balaban J connectivity index is 2.80. The molecule has 0 heterocycles. The van der Waals surface area contributed by atoms with Gasteiger partial charge in [-0.2, -0.15) is 8.42 Å². The molecule has 102 valence electrons. The molecule has 0 radical (unpaired) electrons. The van der Waals surface area contributed by atoms with Gasteiger partial charge in [0.15, 0.2) is 0 Å². The van der Waals surface area contributed by atoms with Crippen LogP contribution in [0.5, 0.6) is 0 Å². The summed E-state index contributed by atoms with van der Waals surface area (Å²) in [6.45, 7) is 3.63. The molecular weight excluding hydrogens is 295 g/mol. The molecule has 6 heteroatoms. The number of benzene rings is 1. The van der Waals surface area contributed by atoms with E-state index in [4.69, 9.17) is 27.4 Å². The first kappa shape index (κ1) is 15.8. The lowest BCUT2D eigenvalue weighted by molar-refractivity contribution is 0.209. The second-order valence-electron chi connectivity index (χ2n) is 4.61. The van der Waals surface area contributed by atoms with Crippen LogP contribution in [0.3, 0.4) is 0 Å². The summed E-state index contributed by atoms with van der Waals surface area (Å²) in [5, 5.41) is 0. The van der Waals surface area contributed by atoms with E-state index in [-0.39, 0.29) is 23.3 Å². The molecule has 0 saturated heterocycles. The predicted molar refractivity (Wildman–Crippen MR) is 73.9 cm³/mol. The Morgan fingerprint density at radius 1 is 1.17 bits per heavy atom. The minimum absolute atomic E-state index is 0.0315. The Hall–Kier alpha value is -0.290. The summed E-state index contributed by atoms with van der Waals surface area (Å²) in [6.07, 6.45) is 0. The smallest absolute Gasteiger partial charge is 0.266 e. The predicted octanol–water partition coefficient (Wildman–Crippen LogP) is 3.18. The second kappa shape index (κ2) is 6.24. The Morgan fingerprint density at radius 2 is 1.67 bits per heavy atom. The maximum absolute atomic E-state index is 11.9. The molecule has 3 nitrogen and oxygen atoms in total. The topological polar surface area (TPSA) is 43.4 Å². The average molecular weight is 311 g/mol. The molecular formula is C12H16Cl2O3S. The fourth-order valence-electron chi connectivity index (χ4n) is 1.11.